The first-order chi connectivity index (χ1) is 12.0. The topological polar surface area (TPSA) is 69.7 Å². The number of halogens is 1. The number of sulfonamides is 1. The molecule has 0 unspecified atom stereocenters. The van der Waals surface area contributed by atoms with Crippen molar-refractivity contribution < 1.29 is 13.2 Å². The third-order valence-corrected chi connectivity index (χ3v) is 7.66. The maximum absolute atomic E-state index is 12.9. The van der Waals surface area contributed by atoms with Crippen molar-refractivity contribution in [2.24, 2.45) is 11.8 Å². The fourth-order valence-electron chi connectivity index (χ4n) is 4.33. The molecule has 0 bridgehead atoms. The molecule has 2 atom stereocenters. The van der Waals surface area contributed by atoms with E-state index >= 15 is 0 Å². The predicted molar refractivity (Wildman–Crippen MR) is 104 cm³/mol. The normalized spacial score (nSPS) is 27.5. The number of nitrogens with zero attached hydrogens (tertiary/aromatic N) is 2. The lowest BCUT2D eigenvalue weighted by Gasteiger charge is -2.22. The third kappa shape index (κ3) is 3.70. The first-order valence-electron chi connectivity index (χ1n) is 9.15. The monoisotopic (exact) mass is 399 g/mol. The molecule has 0 aliphatic carbocycles. The molecule has 6 nitrogen and oxygen atoms in total. The molecule has 0 radical (unpaired) electrons. The molecule has 1 amide bonds. The zero-order valence-electron chi connectivity index (χ0n) is 14.8. The number of anilines is 1. The van der Waals surface area contributed by atoms with E-state index in [0.29, 0.717) is 36.1 Å². The van der Waals surface area contributed by atoms with E-state index in [9.17, 15) is 13.2 Å². The summed E-state index contributed by atoms with van der Waals surface area (Å²) in [5, 5.41) is 3.45. The van der Waals surface area contributed by atoms with Gasteiger partial charge in [-0.05, 0) is 62.4 Å². The molecule has 0 aromatic heterocycles. The maximum Gasteiger partial charge on any atom is 0.253 e. The standard InChI is InChI=1S/C18H25N3O3S.ClH/c22-18(20-8-5-15-12-19-13-16(15)6-9-20)14-3-1-4-17(11-14)21-7-2-10-25(21,23)24;/h1,3-4,11,15-16,19H,2,5-10,12-13H2;1H/t15-,16+;. The number of likely N-dealkylation sites (tertiary alicyclic amines) is 1. The summed E-state index contributed by atoms with van der Waals surface area (Å²) in [5.74, 6) is 1.57. The number of rotatable bonds is 2. The highest BCUT2D eigenvalue weighted by Crippen LogP contribution is 2.29. The highest BCUT2D eigenvalue weighted by atomic mass is 35.5. The smallest absolute Gasteiger partial charge is 0.253 e. The van der Waals surface area contributed by atoms with Gasteiger partial charge in [0.1, 0.15) is 0 Å². The summed E-state index contributed by atoms with van der Waals surface area (Å²) < 4.78 is 25.7. The lowest BCUT2D eigenvalue weighted by Crippen LogP contribution is -2.33. The van der Waals surface area contributed by atoms with Gasteiger partial charge in [-0.15, -0.1) is 12.4 Å². The predicted octanol–water partition coefficient (Wildman–Crippen LogP) is 1.72. The molecule has 1 N–H and O–H groups in total. The minimum Gasteiger partial charge on any atom is -0.339 e. The molecule has 4 rings (SSSR count). The van der Waals surface area contributed by atoms with Crippen LogP contribution < -0.4 is 9.62 Å². The summed E-state index contributed by atoms with van der Waals surface area (Å²) in [6.45, 7) is 4.20. The van der Waals surface area contributed by atoms with Gasteiger partial charge in [-0.1, -0.05) is 6.07 Å². The van der Waals surface area contributed by atoms with Gasteiger partial charge in [-0.25, -0.2) is 8.42 Å². The Morgan fingerprint density at radius 2 is 1.77 bits per heavy atom. The Labute approximate surface area is 161 Å². The van der Waals surface area contributed by atoms with Crippen LogP contribution in [0.25, 0.3) is 0 Å². The summed E-state index contributed by atoms with van der Waals surface area (Å²) in [4.78, 5) is 14.9. The molecule has 0 spiro atoms. The van der Waals surface area contributed by atoms with Crippen LogP contribution in [0.2, 0.25) is 0 Å². The van der Waals surface area contributed by atoms with Crippen molar-refractivity contribution in [3.8, 4) is 0 Å². The molecule has 3 heterocycles. The van der Waals surface area contributed by atoms with E-state index in [2.05, 4.69) is 5.32 Å². The number of carbonyl (C=O) groups is 1. The quantitative estimate of drug-likeness (QED) is 0.822. The van der Waals surface area contributed by atoms with Gasteiger partial charge in [0.25, 0.3) is 5.91 Å². The van der Waals surface area contributed by atoms with Crippen LogP contribution in [0.15, 0.2) is 24.3 Å². The van der Waals surface area contributed by atoms with Gasteiger partial charge in [0, 0.05) is 25.2 Å². The molecule has 26 heavy (non-hydrogen) atoms. The van der Waals surface area contributed by atoms with Crippen LogP contribution in [-0.2, 0) is 10.0 Å². The molecule has 3 saturated heterocycles. The molecule has 8 heteroatoms. The second-order valence-corrected chi connectivity index (χ2v) is 9.35. The van der Waals surface area contributed by atoms with Gasteiger partial charge < -0.3 is 10.2 Å². The van der Waals surface area contributed by atoms with E-state index in [1.54, 1.807) is 24.3 Å². The number of hydrogen-bond donors (Lipinski definition) is 1. The number of hydrogen-bond acceptors (Lipinski definition) is 4. The average Bonchev–Trinajstić information content (AvgIpc) is 3.14. The van der Waals surface area contributed by atoms with Gasteiger partial charge in [-0.3, -0.25) is 9.10 Å². The Morgan fingerprint density at radius 3 is 2.38 bits per heavy atom. The van der Waals surface area contributed by atoms with E-state index in [0.717, 1.165) is 39.0 Å². The number of carbonyl (C=O) groups excluding carboxylic acids is 1. The van der Waals surface area contributed by atoms with E-state index in [4.69, 9.17) is 0 Å². The summed E-state index contributed by atoms with van der Waals surface area (Å²) >= 11 is 0. The van der Waals surface area contributed by atoms with Gasteiger partial charge >= 0.3 is 0 Å². The number of benzene rings is 1. The fraction of sp³-hybridized carbons (Fsp3) is 0.611. The lowest BCUT2D eigenvalue weighted by atomic mass is 9.92. The highest BCUT2D eigenvalue weighted by molar-refractivity contribution is 7.93. The lowest BCUT2D eigenvalue weighted by molar-refractivity contribution is 0.0758. The van der Waals surface area contributed by atoms with Crippen molar-refractivity contribution in [3.05, 3.63) is 29.8 Å². The zero-order valence-corrected chi connectivity index (χ0v) is 16.4. The minimum atomic E-state index is -3.22. The molecule has 3 aliphatic rings. The first-order valence-corrected chi connectivity index (χ1v) is 10.8. The molecule has 1 aromatic carbocycles. The molecular weight excluding hydrogens is 374 g/mol. The SMILES string of the molecule is Cl.O=C(c1cccc(N2CCCS2(=O)=O)c1)N1CC[C@@H]2CNC[C@@H]2CC1. The van der Waals surface area contributed by atoms with Crippen LogP contribution in [-0.4, -0.2) is 57.7 Å². The van der Waals surface area contributed by atoms with Crippen molar-refractivity contribution in [1.29, 1.82) is 0 Å². The van der Waals surface area contributed by atoms with E-state index in [-0.39, 0.29) is 24.1 Å². The first kappa shape index (κ1) is 19.5. The van der Waals surface area contributed by atoms with Crippen LogP contribution >= 0.6 is 12.4 Å². The summed E-state index contributed by atoms with van der Waals surface area (Å²) in [6, 6.07) is 7.09. The van der Waals surface area contributed by atoms with Crippen molar-refractivity contribution in [2.75, 3.05) is 42.8 Å². The summed E-state index contributed by atoms with van der Waals surface area (Å²) in [6.07, 6.45) is 2.73. The van der Waals surface area contributed by atoms with E-state index in [1.165, 1.54) is 4.31 Å². The average molecular weight is 400 g/mol. The van der Waals surface area contributed by atoms with E-state index < -0.39 is 10.0 Å². The van der Waals surface area contributed by atoms with Crippen LogP contribution in [0.5, 0.6) is 0 Å². The zero-order chi connectivity index (χ0) is 17.4. The van der Waals surface area contributed by atoms with Gasteiger partial charge in [0.2, 0.25) is 10.0 Å². The second kappa shape index (κ2) is 7.74. The van der Waals surface area contributed by atoms with Crippen molar-refractivity contribution in [1.82, 2.24) is 10.2 Å². The van der Waals surface area contributed by atoms with Gasteiger partial charge in [-0.2, -0.15) is 0 Å². The fourth-order valence-corrected chi connectivity index (χ4v) is 5.88. The number of amides is 1. The van der Waals surface area contributed by atoms with Crippen LogP contribution in [0.1, 0.15) is 29.6 Å². The van der Waals surface area contributed by atoms with Crippen LogP contribution in [0, 0.1) is 11.8 Å². The van der Waals surface area contributed by atoms with Crippen LogP contribution in [0.4, 0.5) is 5.69 Å². The summed E-state index contributed by atoms with van der Waals surface area (Å²) in [7, 11) is -3.22. The van der Waals surface area contributed by atoms with Crippen molar-refractivity contribution >= 4 is 34.0 Å². The molecule has 1 aromatic rings. The Hall–Kier alpha value is -1.31. The van der Waals surface area contributed by atoms with Crippen molar-refractivity contribution in [2.45, 2.75) is 19.3 Å². The molecule has 3 fully saturated rings. The van der Waals surface area contributed by atoms with Crippen molar-refractivity contribution in [3.63, 3.8) is 0 Å². The number of fused-ring (bicyclic) bond motifs is 1. The molecular formula is C18H26ClN3O3S. The molecule has 3 aliphatic heterocycles. The Morgan fingerprint density at radius 1 is 1.08 bits per heavy atom. The maximum atomic E-state index is 12.9. The largest absolute Gasteiger partial charge is 0.339 e. The summed E-state index contributed by atoms with van der Waals surface area (Å²) in [5.41, 5.74) is 1.20. The minimum absolute atomic E-state index is 0. The third-order valence-electron chi connectivity index (χ3n) is 5.79. The molecule has 0 saturated carbocycles. The van der Waals surface area contributed by atoms with Crippen LogP contribution in [0.3, 0.4) is 0 Å². The number of nitrogens with one attached hydrogen (secondary N) is 1. The highest BCUT2D eigenvalue weighted by Gasteiger charge is 2.32. The van der Waals surface area contributed by atoms with Gasteiger partial charge in [0.15, 0.2) is 0 Å². The Kier molecular flexibility index (Phi) is 5.79. The Bertz CT molecular complexity index is 757. The Balaban J connectivity index is 0.00000196. The van der Waals surface area contributed by atoms with Gasteiger partial charge in [0.05, 0.1) is 11.4 Å². The second-order valence-electron chi connectivity index (χ2n) is 7.34. The van der Waals surface area contributed by atoms with E-state index in [1.807, 2.05) is 4.90 Å². The molecule has 144 valence electrons.